The maximum Gasteiger partial charge on any atom is 0.308 e. The van der Waals surface area contributed by atoms with Crippen LogP contribution in [0.25, 0.3) is 0 Å². The molecule has 4 aliphatic carbocycles. The van der Waals surface area contributed by atoms with Crippen molar-refractivity contribution in [1.82, 2.24) is 9.80 Å². The molecule has 182 valence electrons. The molecular weight excluding hydrogens is 448 g/mol. The molecule has 6 aliphatic rings. The van der Waals surface area contributed by atoms with E-state index in [0.29, 0.717) is 0 Å². The van der Waals surface area contributed by atoms with Gasteiger partial charge in [0.1, 0.15) is 0 Å². The number of amides is 4. The van der Waals surface area contributed by atoms with Crippen molar-refractivity contribution in [1.29, 1.82) is 0 Å². The molecule has 8 unspecified atom stereocenters. The van der Waals surface area contributed by atoms with E-state index >= 15 is 0 Å². The second kappa shape index (κ2) is 8.27. The second-order valence-corrected chi connectivity index (χ2v) is 9.37. The average molecular weight is 474 g/mol. The first-order valence-electron chi connectivity index (χ1n) is 11.4. The fourth-order valence-corrected chi connectivity index (χ4v) is 6.63. The third kappa shape index (κ3) is 3.04. The van der Waals surface area contributed by atoms with Crippen molar-refractivity contribution in [3.05, 3.63) is 12.2 Å². The van der Waals surface area contributed by atoms with Crippen LogP contribution in [-0.4, -0.2) is 71.9 Å². The zero-order valence-electron chi connectivity index (χ0n) is 18.3. The first-order valence-corrected chi connectivity index (χ1v) is 11.4. The number of esters is 2. The van der Waals surface area contributed by atoms with E-state index in [2.05, 4.69) is 0 Å². The molecule has 2 heterocycles. The van der Waals surface area contributed by atoms with Gasteiger partial charge in [0.05, 0.1) is 36.5 Å². The van der Waals surface area contributed by atoms with Crippen molar-refractivity contribution in [2.75, 3.05) is 26.6 Å². The molecule has 4 amide bonds. The Morgan fingerprint density at radius 1 is 0.676 bits per heavy atom. The minimum Gasteiger partial charge on any atom is -0.444 e. The van der Waals surface area contributed by atoms with Gasteiger partial charge in [-0.05, 0) is 23.7 Å². The molecule has 2 saturated carbocycles. The van der Waals surface area contributed by atoms with Crippen molar-refractivity contribution >= 4 is 35.6 Å². The minimum absolute atomic E-state index is 0.0198. The van der Waals surface area contributed by atoms with E-state index in [1.54, 1.807) is 0 Å². The van der Waals surface area contributed by atoms with Gasteiger partial charge in [0.15, 0.2) is 13.5 Å². The molecule has 12 nitrogen and oxygen atoms in total. The van der Waals surface area contributed by atoms with Crippen LogP contribution < -0.4 is 11.5 Å². The Hall–Kier alpha value is -3.12. The number of carbonyl (C=O) groups is 6. The van der Waals surface area contributed by atoms with E-state index < -0.39 is 72.7 Å². The molecule has 2 bridgehead atoms. The zero-order chi connectivity index (χ0) is 24.3. The molecule has 4 N–H and O–H groups in total. The SMILES string of the molecule is NCCC(=O)OCN1C(=O)C2C3C=CC(C2C1=O)C1C2C(=O)N(COC(=O)CCN)C(=O)C2C31. The van der Waals surface area contributed by atoms with Gasteiger partial charge >= 0.3 is 11.9 Å². The van der Waals surface area contributed by atoms with Crippen LogP contribution in [0.4, 0.5) is 0 Å². The summed E-state index contributed by atoms with van der Waals surface area (Å²) in [6, 6.07) is 0. The quantitative estimate of drug-likeness (QED) is 0.226. The summed E-state index contributed by atoms with van der Waals surface area (Å²) in [7, 11) is 0. The number of nitrogens with two attached hydrogens (primary N) is 2. The predicted octanol–water partition coefficient (Wildman–Crippen LogP) is -2.05. The topological polar surface area (TPSA) is 179 Å². The molecule has 0 aromatic heterocycles. The van der Waals surface area contributed by atoms with Crippen LogP contribution >= 0.6 is 0 Å². The van der Waals surface area contributed by atoms with Gasteiger partial charge in [-0.15, -0.1) is 0 Å². The lowest BCUT2D eigenvalue weighted by molar-refractivity contribution is -0.166. The van der Waals surface area contributed by atoms with E-state index in [4.69, 9.17) is 20.9 Å². The van der Waals surface area contributed by atoms with Gasteiger partial charge in [-0.25, -0.2) is 9.80 Å². The van der Waals surface area contributed by atoms with Gasteiger partial charge in [0.25, 0.3) is 0 Å². The lowest BCUT2D eigenvalue weighted by Crippen LogP contribution is -2.63. The monoisotopic (exact) mass is 474 g/mol. The molecular formula is C22H26N4O8. The lowest BCUT2D eigenvalue weighted by Gasteiger charge is -2.60. The molecule has 0 spiro atoms. The standard InChI is InChI=1S/C22H26N4O8/c23-5-3-11(27)33-7-25-19(29)15-9-1-2-10(16(15)20(25)30)14-13(9)17-18(14)22(32)26(21(17)31)8-34-12(28)4-6-24/h1-2,9-10,13-18H,3-8,23-24H2. The predicted molar refractivity (Wildman–Crippen MR) is 110 cm³/mol. The van der Waals surface area contributed by atoms with Gasteiger partial charge in [-0.1, -0.05) is 12.2 Å². The van der Waals surface area contributed by atoms with Gasteiger partial charge < -0.3 is 20.9 Å². The second-order valence-electron chi connectivity index (χ2n) is 9.37. The summed E-state index contributed by atoms with van der Waals surface area (Å²) in [6.45, 7) is -0.736. The summed E-state index contributed by atoms with van der Waals surface area (Å²) in [5, 5.41) is 0. The summed E-state index contributed by atoms with van der Waals surface area (Å²) < 4.78 is 10.1. The van der Waals surface area contributed by atoms with Crippen LogP contribution in [0.3, 0.4) is 0 Å². The molecule has 0 aromatic carbocycles. The number of imide groups is 2. The third-order valence-electron chi connectivity index (χ3n) is 7.93. The van der Waals surface area contributed by atoms with Crippen LogP contribution in [0.15, 0.2) is 12.2 Å². The number of carbonyl (C=O) groups excluding carboxylic acids is 6. The summed E-state index contributed by atoms with van der Waals surface area (Å²) in [5.74, 6) is -6.67. The van der Waals surface area contributed by atoms with Crippen LogP contribution in [0.1, 0.15) is 12.8 Å². The highest BCUT2D eigenvalue weighted by Gasteiger charge is 2.75. The normalized spacial score (nSPS) is 36.9. The van der Waals surface area contributed by atoms with E-state index in [0.717, 1.165) is 9.80 Å². The van der Waals surface area contributed by atoms with Crippen molar-refractivity contribution in [3.8, 4) is 0 Å². The Labute approximate surface area is 194 Å². The Morgan fingerprint density at radius 3 is 1.38 bits per heavy atom. The average Bonchev–Trinajstić information content (AvgIpc) is 3.15. The molecule has 0 aromatic rings. The number of allylic oxidation sites excluding steroid dienone is 2. The first-order chi connectivity index (χ1) is 16.3. The minimum atomic E-state index is -0.655. The molecule has 2 aliphatic heterocycles. The summed E-state index contributed by atoms with van der Waals surface area (Å²) >= 11 is 0. The molecule has 6 rings (SSSR count). The Morgan fingerprint density at radius 2 is 1.03 bits per heavy atom. The number of hydrogen-bond acceptors (Lipinski definition) is 10. The van der Waals surface area contributed by atoms with Crippen molar-refractivity contribution < 1.29 is 38.2 Å². The Bertz CT molecular complexity index is 955. The summed E-state index contributed by atoms with van der Waals surface area (Å²) in [5.41, 5.74) is 10.6. The zero-order valence-corrected chi connectivity index (χ0v) is 18.3. The van der Waals surface area contributed by atoms with E-state index in [1.807, 2.05) is 12.2 Å². The number of nitrogens with zero attached hydrogens (tertiary/aromatic N) is 2. The highest BCUT2D eigenvalue weighted by atomic mass is 16.6. The number of fused-ring (bicyclic) bond motifs is 1. The Balaban J connectivity index is 1.33. The number of hydrogen-bond donors (Lipinski definition) is 2. The van der Waals surface area contributed by atoms with Crippen molar-refractivity contribution in [2.24, 2.45) is 58.8 Å². The van der Waals surface area contributed by atoms with E-state index in [9.17, 15) is 28.8 Å². The number of likely N-dealkylation sites (tertiary alicyclic amines) is 2. The first kappa shape index (κ1) is 22.7. The molecule has 12 heteroatoms. The van der Waals surface area contributed by atoms with Crippen LogP contribution in [0, 0.1) is 47.3 Å². The lowest BCUT2D eigenvalue weighted by atomic mass is 9.40. The van der Waals surface area contributed by atoms with Crippen LogP contribution in [0.2, 0.25) is 0 Å². The van der Waals surface area contributed by atoms with Gasteiger partial charge in [0.2, 0.25) is 23.6 Å². The van der Waals surface area contributed by atoms with Crippen molar-refractivity contribution in [2.45, 2.75) is 12.8 Å². The van der Waals surface area contributed by atoms with Gasteiger partial charge in [0, 0.05) is 13.1 Å². The summed E-state index contributed by atoms with van der Waals surface area (Å²) in [6.07, 6.45) is 3.71. The van der Waals surface area contributed by atoms with E-state index in [1.165, 1.54) is 0 Å². The molecule has 34 heavy (non-hydrogen) atoms. The van der Waals surface area contributed by atoms with E-state index in [-0.39, 0.29) is 49.6 Å². The molecule has 4 fully saturated rings. The number of rotatable bonds is 8. The smallest absolute Gasteiger partial charge is 0.308 e. The largest absolute Gasteiger partial charge is 0.444 e. The van der Waals surface area contributed by atoms with Crippen LogP contribution in [0.5, 0.6) is 0 Å². The summed E-state index contributed by atoms with van der Waals surface area (Å²) in [4.78, 5) is 77.7. The number of ether oxygens (including phenoxy) is 2. The highest BCUT2D eigenvalue weighted by molar-refractivity contribution is 6.09. The molecule has 0 radical (unpaired) electrons. The molecule has 2 saturated heterocycles. The van der Waals surface area contributed by atoms with Crippen LogP contribution in [-0.2, 0) is 38.2 Å². The third-order valence-corrected chi connectivity index (χ3v) is 7.93. The van der Waals surface area contributed by atoms with Crippen molar-refractivity contribution in [3.63, 3.8) is 0 Å². The maximum absolute atomic E-state index is 13.2. The Kier molecular flexibility index (Phi) is 5.52. The fourth-order valence-electron chi connectivity index (χ4n) is 6.63. The maximum atomic E-state index is 13.2. The fraction of sp³-hybridized carbons (Fsp3) is 0.636. The highest BCUT2D eigenvalue weighted by Crippen LogP contribution is 2.68. The van der Waals surface area contributed by atoms with Gasteiger partial charge in [-0.2, -0.15) is 0 Å². The van der Waals surface area contributed by atoms with Gasteiger partial charge in [-0.3, -0.25) is 28.8 Å². The molecule has 8 atom stereocenters.